The van der Waals surface area contributed by atoms with Crippen molar-refractivity contribution < 1.29 is 0 Å². The van der Waals surface area contributed by atoms with Crippen molar-refractivity contribution in [1.82, 2.24) is 35.3 Å². The molecule has 0 saturated carbocycles. The second kappa shape index (κ2) is 7.28. The molecule has 0 aliphatic carbocycles. The van der Waals surface area contributed by atoms with Crippen LogP contribution in [0.15, 0.2) is 67.5 Å². The van der Waals surface area contributed by atoms with Gasteiger partial charge in [0.15, 0.2) is 0 Å². The fraction of sp³-hybridized carbons (Fsp3) is 0.158. The minimum Gasteiger partial charge on any atom is -0.305 e. The van der Waals surface area contributed by atoms with E-state index >= 15 is 0 Å². The Balaban J connectivity index is 1.38. The maximum Gasteiger partial charge on any atom is 0.138 e. The molecule has 4 aromatic rings. The Morgan fingerprint density at radius 2 is 2.04 bits per heavy atom. The third-order valence-corrected chi connectivity index (χ3v) is 4.26. The van der Waals surface area contributed by atoms with Gasteiger partial charge in [-0.3, -0.25) is 10.1 Å². The first-order valence-corrected chi connectivity index (χ1v) is 8.42. The topological polar surface area (TPSA) is 84.3 Å². The molecule has 0 aliphatic heterocycles. The zero-order chi connectivity index (χ0) is 17.8. The van der Waals surface area contributed by atoms with Crippen LogP contribution in [0.5, 0.6) is 0 Å². The molecule has 1 atom stereocenters. The van der Waals surface area contributed by atoms with Crippen LogP contribution in [0.2, 0.25) is 0 Å². The molecule has 0 bridgehead atoms. The van der Waals surface area contributed by atoms with Gasteiger partial charge in [-0.1, -0.05) is 12.1 Å². The average Bonchev–Trinajstić information content (AvgIpc) is 3.39. The lowest BCUT2D eigenvalue weighted by Gasteiger charge is -2.14. The molecule has 26 heavy (non-hydrogen) atoms. The summed E-state index contributed by atoms with van der Waals surface area (Å²) in [7, 11) is 0. The van der Waals surface area contributed by atoms with Gasteiger partial charge in [0.1, 0.15) is 12.7 Å². The first-order valence-electron chi connectivity index (χ1n) is 8.42. The number of benzene rings is 1. The highest BCUT2D eigenvalue weighted by molar-refractivity contribution is 5.57. The standard InChI is InChI=1S/C19H19N7/c1-14(15-4-6-18(7-5-15)26-13-21-12-23-26)22-11-17-9-19(25-24-17)16-3-2-8-20-10-16/h2-10,12-14,22H,11H2,1H3,(H,24,25)/t14-/m0/s1. The molecule has 0 fully saturated rings. The second-order valence-corrected chi connectivity index (χ2v) is 6.05. The summed E-state index contributed by atoms with van der Waals surface area (Å²) in [6.07, 6.45) is 6.79. The second-order valence-electron chi connectivity index (χ2n) is 6.05. The van der Waals surface area contributed by atoms with E-state index in [-0.39, 0.29) is 6.04 Å². The number of hydrogen-bond donors (Lipinski definition) is 2. The Kier molecular flexibility index (Phi) is 4.53. The number of pyridine rings is 1. The van der Waals surface area contributed by atoms with Crippen LogP contribution in [0.1, 0.15) is 24.2 Å². The SMILES string of the molecule is C[C@H](NCc1cc(-c2cccnc2)n[nH]1)c1ccc(-n2cncn2)cc1. The summed E-state index contributed by atoms with van der Waals surface area (Å²) in [6, 6.07) is 14.4. The van der Waals surface area contributed by atoms with Gasteiger partial charge in [-0.2, -0.15) is 10.2 Å². The molecule has 7 nitrogen and oxygen atoms in total. The van der Waals surface area contributed by atoms with Crippen molar-refractivity contribution in [2.75, 3.05) is 0 Å². The van der Waals surface area contributed by atoms with E-state index in [1.807, 2.05) is 36.5 Å². The van der Waals surface area contributed by atoms with E-state index in [9.17, 15) is 0 Å². The number of aromatic amines is 1. The van der Waals surface area contributed by atoms with Crippen LogP contribution in [0, 0.1) is 0 Å². The van der Waals surface area contributed by atoms with E-state index < -0.39 is 0 Å². The first-order chi connectivity index (χ1) is 12.8. The van der Waals surface area contributed by atoms with Gasteiger partial charge in [0.2, 0.25) is 0 Å². The van der Waals surface area contributed by atoms with Gasteiger partial charge in [-0.25, -0.2) is 9.67 Å². The molecule has 0 amide bonds. The average molecular weight is 345 g/mol. The molecule has 2 N–H and O–H groups in total. The predicted octanol–water partition coefficient (Wildman–Crippen LogP) is 2.90. The van der Waals surface area contributed by atoms with Gasteiger partial charge in [-0.05, 0) is 42.8 Å². The van der Waals surface area contributed by atoms with Crippen molar-refractivity contribution in [1.29, 1.82) is 0 Å². The van der Waals surface area contributed by atoms with E-state index in [1.165, 1.54) is 11.9 Å². The Hall–Kier alpha value is -3.32. The van der Waals surface area contributed by atoms with Crippen LogP contribution in [-0.2, 0) is 6.54 Å². The molecule has 1 aromatic carbocycles. The van der Waals surface area contributed by atoms with Crippen LogP contribution in [0.25, 0.3) is 16.9 Å². The van der Waals surface area contributed by atoms with Crippen LogP contribution < -0.4 is 5.32 Å². The zero-order valence-electron chi connectivity index (χ0n) is 14.4. The lowest BCUT2D eigenvalue weighted by molar-refractivity contribution is 0.567. The molecule has 0 saturated heterocycles. The first kappa shape index (κ1) is 16.2. The molecular formula is C19H19N7. The molecule has 3 heterocycles. The normalized spacial score (nSPS) is 12.2. The lowest BCUT2D eigenvalue weighted by atomic mass is 10.1. The number of rotatable bonds is 6. The highest BCUT2D eigenvalue weighted by atomic mass is 15.3. The lowest BCUT2D eigenvalue weighted by Crippen LogP contribution is -2.18. The van der Waals surface area contributed by atoms with Crippen LogP contribution in [0.3, 0.4) is 0 Å². The molecule has 3 aromatic heterocycles. The van der Waals surface area contributed by atoms with Gasteiger partial charge < -0.3 is 5.32 Å². The van der Waals surface area contributed by atoms with Crippen molar-refractivity contribution in [2.24, 2.45) is 0 Å². The molecule has 0 aliphatic rings. The van der Waals surface area contributed by atoms with Gasteiger partial charge in [0, 0.05) is 36.2 Å². The Morgan fingerprint density at radius 1 is 1.15 bits per heavy atom. The van der Waals surface area contributed by atoms with Gasteiger partial charge in [0.05, 0.1) is 11.4 Å². The van der Waals surface area contributed by atoms with Crippen molar-refractivity contribution in [3.63, 3.8) is 0 Å². The fourth-order valence-corrected chi connectivity index (χ4v) is 2.75. The molecule has 0 unspecified atom stereocenters. The summed E-state index contributed by atoms with van der Waals surface area (Å²) in [5, 5.41) is 15.1. The van der Waals surface area contributed by atoms with E-state index in [1.54, 1.807) is 17.2 Å². The summed E-state index contributed by atoms with van der Waals surface area (Å²) in [5.41, 5.74) is 5.15. The maximum absolute atomic E-state index is 4.36. The number of nitrogens with zero attached hydrogens (tertiary/aromatic N) is 5. The Bertz CT molecular complexity index is 943. The summed E-state index contributed by atoms with van der Waals surface area (Å²) < 4.78 is 1.74. The number of nitrogens with one attached hydrogen (secondary N) is 2. The molecule has 130 valence electrons. The van der Waals surface area contributed by atoms with E-state index in [4.69, 9.17) is 0 Å². The highest BCUT2D eigenvalue weighted by Gasteiger charge is 2.08. The molecular weight excluding hydrogens is 326 g/mol. The van der Waals surface area contributed by atoms with Gasteiger partial charge in [-0.15, -0.1) is 0 Å². The van der Waals surface area contributed by atoms with Crippen LogP contribution in [-0.4, -0.2) is 29.9 Å². The van der Waals surface area contributed by atoms with Crippen molar-refractivity contribution in [3.05, 3.63) is 78.8 Å². The summed E-state index contributed by atoms with van der Waals surface area (Å²) >= 11 is 0. The zero-order valence-corrected chi connectivity index (χ0v) is 14.4. The smallest absolute Gasteiger partial charge is 0.138 e. The molecule has 4 rings (SSSR count). The Morgan fingerprint density at radius 3 is 2.77 bits per heavy atom. The molecule has 0 radical (unpaired) electrons. The quantitative estimate of drug-likeness (QED) is 0.561. The van der Waals surface area contributed by atoms with Gasteiger partial charge in [0.25, 0.3) is 0 Å². The summed E-state index contributed by atoms with van der Waals surface area (Å²) in [5.74, 6) is 0. The number of aromatic nitrogens is 6. The van der Waals surface area contributed by atoms with Crippen LogP contribution in [0.4, 0.5) is 0 Å². The Labute approximate surface area is 151 Å². The summed E-state index contributed by atoms with van der Waals surface area (Å²) in [6.45, 7) is 2.85. The fourth-order valence-electron chi connectivity index (χ4n) is 2.75. The van der Waals surface area contributed by atoms with Gasteiger partial charge >= 0.3 is 0 Å². The summed E-state index contributed by atoms with van der Waals surface area (Å²) in [4.78, 5) is 8.10. The highest BCUT2D eigenvalue weighted by Crippen LogP contribution is 2.18. The minimum absolute atomic E-state index is 0.213. The molecule has 7 heteroatoms. The molecule has 0 spiro atoms. The third-order valence-electron chi connectivity index (χ3n) is 4.26. The van der Waals surface area contributed by atoms with Crippen molar-refractivity contribution >= 4 is 0 Å². The number of H-pyrrole nitrogens is 1. The predicted molar refractivity (Wildman–Crippen MR) is 98.4 cm³/mol. The largest absolute Gasteiger partial charge is 0.305 e. The van der Waals surface area contributed by atoms with Crippen molar-refractivity contribution in [3.8, 4) is 16.9 Å². The van der Waals surface area contributed by atoms with Crippen molar-refractivity contribution in [2.45, 2.75) is 19.5 Å². The van der Waals surface area contributed by atoms with E-state index in [0.29, 0.717) is 6.54 Å². The van der Waals surface area contributed by atoms with E-state index in [0.717, 1.165) is 22.6 Å². The minimum atomic E-state index is 0.213. The van der Waals surface area contributed by atoms with E-state index in [2.05, 4.69) is 49.6 Å². The third kappa shape index (κ3) is 3.52. The number of hydrogen-bond acceptors (Lipinski definition) is 5. The maximum atomic E-state index is 4.36. The van der Waals surface area contributed by atoms with Crippen LogP contribution >= 0.6 is 0 Å². The monoisotopic (exact) mass is 345 g/mol.